The van der Waals surface area contributed by atoms with Gasteiger partial charge in [0.15, 0.2) is 0 Å². The van der Waals surface area contributed by atoms with Gasteiger partial charge in [-0.3, -0.25) is 9.59 Å². The number of carboxylic acids is 1. The standard InChI is InChI=1S/C15H17FN4O3/c1-9(2)19(8-13(21)22)15(23)14-17-10(3)20(18-14)12-6-4-11(16)5-7-12/h4-7,9H,8H2,1-3H3,(H,21,22). The molecular weight excluding hydrogens is 303 g/mol. The number of aryl methyl sites for hydroxylation is 1. The predicted octanol–water partition coefficient (Wildman–Crippen LogP) is 1.65. The summed E-state index contributed by atoms with van der Waals surface area (Å²) in [4.78, 5) is 28.6. The number of halogens is 1. The van der Waals surface area contributed by atoms with E-state index in [-0.39, 0.29) is 17.7 Å². The van der Waals surface area contributed by atoms with Crippen molar-refractivity contribution in [2.75, 3.05) is 6.54 Å². The number of hydrogen-bond acceptors (Lipinski definition) is 4. The maximum absolute atomic E-state index is 13.0. The zero-order chi connectivity index (χ0) is 17.1. The van der Waals surface area contributed by atoms with Crippen LogP contribution in [0.15, 0.2) is 24.3 Å². The van der Waals surface area contributed by atoms with Gasteiger partial charge >= 0.3 is 5.97 Å². The lowest BCUT2D eigenvalue weighted by atomic mass is 10.3. The number of carboxylic acid groups (broad SMARTS) is 1. The molecule has 23 heavy (non-hydrogen) atoms. The number of carbonyl (C=O) groups is 2. The average molecular weight is 320 g/mol. The van der Waals surface area contributed by atoms with E-state index in [0.29, 0.717) is 11.5 Å². The molecule has 1 aromatic heterocycles. The number of amides is 1. The number of benzene rings is 1. The Labute approximate surface area is 132 Å². The van der Waals surface area contributed by atoms with Gasteiger partial charge < -0.3 is 10.0 Å². The lowest BCUT2D eigenvalue weighted by molar-refractivity contribution is -0.138. The van der Waals surface area contributed by atoms with Gasteiger partial charge in [-0.15, -0.1) is 5.10 Å². The van der Waals surface area contributed by atoms with Crippen LogP contribution >= 0.6 is 0 Å². The Balaban J connectivity index is 2.34. The van der Waals surface area contributed by atoms with Crippen LogP contribution < -0.4 is 0 Å². The smallest absolute Gasteiger partial charge is 0.323 e. The molecule has 1 amide bonds. The summed E-state index contributed by atoms with van der Waals surface area (Å²) in [6, 6.07) is 5.29. The molecule has 0 spiro atoms. The van der Waals surface area contributed by atoms with Gasteiger partial charge in [-0.25, -0.2) is 14.1 Å². The Morgan fingerprint density at radius 3 is 2.43 bits per heavy atom. The van der Waals surface area contributed by atoms with Crippen molar-refractivity contribution in [2.24, 2.45) is 0 Å². The molecule has 1 aromatic carbocycles. The highest BCUT2D eigenvalue weighted by Gasteiger charge is 2.25. The van der Waals surface area contributed by atoms with Crippen LogP contribution in [0.25, 0.3) is 5.69 Å². The van der Waals surface area contributed by atoms with Crippen LogP contribution in [0, 0.1) is 12.7 Å². The number of carbonyl (C=O) groups excluding carboxylic acids is 1. The zero-order valence-corrected chi connectivity index (χ0v) is 13.0. The van der Waals surface area contributed by atoms with Crippen molar-refractivity contribution < 1.29 is 19.1 Å². The summed E-state index contributed by atoms with van der Waals surface area (Å²) in [7, 11) is 0. The van der Waals surface area contributed by atoms with E-state index in [9.17, 15) is 14.0 Å². The zero-order valence-electron chi connectivity index (χ0n) is 13.0. The molecule has 0 unspecified atom stereocenters. The Morgan fingerprint density at radius 2 is 1.91 bits per heavy atom. The van der Waals surface area contributed by atoms with Gasteiger partial charge in [-0.2, -0.15) is 0 Å². The summed E-state index contributed by atoms with van der Waals surface area (Å²) < 4.78 is 14.4. The van der Waals surface area contributed by atoms with Gasteiger partial charge in [-0.05, 0) is 45.0 Å². The summed E-state index contributed by atoms with van der Waals surface area (Å²) >= 11 is 0. The monoisotopic (exact) mass is 320 g/mol. The molecule has 0 bridgehead atoms. The number of nitrogens with zero attached hydrogens (tertiary/aromatic N) is 4. The van der Waals surface area contributed by atoms with E-state index in [2.05, 4.69) is 10.1 Å². The molecule has 0 fully saturated rings. The molecular formula is C15H17FN4O3. The minimum atomic E-state index is -1.11. The molecule has 0 aliphatic carbocycles. The second-order valence-electron chi connectivity index (χ2n) is 5.29. The number of hydrogen-bond donors (Lipinski definition) is 1. The summed E-state index contributed by atoms with van der Waals surface area (Å²) in [5.74, 6) is -1.70. The second kappa shape index (κ2) is 6.55. The molecule has 1 N–H and O–H groups in total. The Morgan fingerprint density at radius 1 is 1.30 bits per heavy atom. The first-order valence-electron chi connectivity index (χ1n) is 7.02. The van der Waals surface area contributed by atoms with E-state index in [4.69, 9.17) is 5.11 Å². The van der Waals surface area contributed by atoms with Gasteiger partial charge in [-0.1, -0.05) is 0 Å². The lowest BCUT2D eigenvalue weighted by Gasteiger charge is -2.23. The molecule has 1 heterocycles. The quantitative estimate of drug-likeness (QED) is 0.905. The third-order valence-electron chi connectivity index (χ3n) is 3.22. The number of rotatable bonds is 5. The molecule has 2 rings (SSSR count). The lowest BCUT2D eigenvalue weighted by Crippen LogP contribution is -2.41. The van der Waals surface area contributed by atoms with Crippen molar-refractivity contribution in [3.05, 3.63) is 41.7 Å². The van der Waals surface area contributed by atoms with Gasteiger partial charge in [0, 0.05) is 6.04 Å². The van der Waals surface area contributed by atoms with E-state index in [0.717, 1.165) is 0 Å². The highest BCUT2D eigenvalue weighted by atomic mass is 19.1. The molecule has 0 aliphatic rings. The van der Waals surface area contributed by atoms with Gasteiger partial charge in [0.05, 0.1) is 5.69 Å². The topological polar surface area (TPSA) is 88.3 Å². The highest BCUT2D eigenvalue weighted by Crippen LogP contribution is 2.12. The van der Waals surface area contributed by atoms with Gasteiger partial charge in [0.25, 0.3) is 5.91 Å². The van der Waals surface area contributed by atoms with Crippen molar-refractivity contribution in [1.82, 2.24) is 19.7 Å². The van der Waals surface area contributed by atoms with Crippen LogP contribution in [0.2, 0.25) is 0 Å². The van der Waals surface area contributed by atoms with E-state index < -0.39 is 18.4 Å². The van der Waals surface area contributed by atoms with Crippen molar-refractivity contribution >= 4 is 11.9 Å². The molecule has 0 atom stereocenters. The van der Waals surface area contributed by atoms with Crippen LogP contribution in [-0.4, -0.2) is 49.2 Å². The summed E-state index contributed by atoms with van der Waals surface area (Å²) in [5, 5.41) is 13.0. The first-order chi connectivity index (χ1) is 10.8. The fourth-order valence-corrected chi connectivity index (χ4v) is 2.07. The maximum atomic E-state index is 13.0. The molecule has 0 saturated heterocycles. The van der Waals surface area contributed by atoms with Crippen LogP contribution in [-0.2, 0) is 4.79 Å². The van der Waals surface area contributed by atoms with Crippen LogP contribution in [0.5, 0.6) is 0 Å². The number of aliphatic carboxylic acids is 1. The van der Waals surface area contributed by atoms with Crippen LogP contribution in [0.4, 0.5) is 4.39 Å². The van der Waals surface area contributed by atoms with Gasteiger partial charge in [0.2, 0.25) is 5.82 Å². The average Bonchev–Trinajstić information content (AvgIpc) is 2.86. The first-order valence-corrected chi connectivity index (χ1v) is 7.02. The van der Waals surface area contributed by atoms with E-state index in [1.54, 1.807) is 20.8 Å². The van der Waals surface area contributed by atoms with Crippen molar-refractivity contribution in [3.63, 3.8) is 0 Å². The SMILES string of the molecule is Cc1nc(C(=O)N(CC(=O)O)C(C)C)nn1-c1ccc(F)cc1. The first kappa shape index (κ1) is 16.6. The fraction of sp³-hybridized carbons (Fsp3) is 0.333. The molecule has 0 aliphatic heterocycles. The predicted molar refractivity (Wildman–Crippen MR) is 79.9 cm³/mol. The largest absolute Gasteiger partial charge is 0.480 e. The molecule has 7 nitrogen and oxygen atoms in total. The van der Waals surface area contributed by atoms with E-state index in [1.807, 2.05) is 0 Å². The highest BCUT2D eigenvalue weighted by molar-refractivity contribution is 5.92. The molecule has 0 radical (unpaired) electrons. The molecule has 8 heteroatoms. The van der Waals surface area contributed by atoms with Gasteiger partial charge in [0.1, 0.15) is 18.2 Å². The normalized spacial score (nSPS) is 10.8. The summed E-state index contributed by atoms with van der Waals surface area (Å²) in [6.07, 6.45) is 0. The van der Waals surface area contributed by atoms with Crippen molar-refractivity contribution in [3.8, 4) is 5.69 Å². The molecule has 122 valence electrons. The van der Waals surface area contributed by atoms with E-state index >= 15 is 0 Å². The third kappa shape index (κ3) is 3.71. The Hall–Kier alpha value is -2.77. The minimum absolute atomic E-state index is 0.0956. The third-order valence-corrected chi connectivity index (χ3v) is 3.22. The van der Waals surface area contributed by atoms with Crippen LogP contribution in [0.3, 0.4) is 0 Å². The summed E-state index contributed by atoms with van der Waals surface area (Å²) in [5.41, 5.74) is 0.560. The maximum Gasteiger partial charge on any atom is 0.323 e. The molecule has 2 aromatic rings. The minimum Gasteiger partial charge on any atom is -0.480 e. The fourth-order valence-electron chi connectivity index (χ4n) is 2.07. The van der Waals surface area contributed by atoms with Crippen molar-refractivity contribution in [2.45, 2.75) is 26.8 Å². The second-order valence-corrected chi connectivity index (χ2v) is 5.29. The van der Waals surface area contributed by atoms with Crippen molar-refractivity contribution in [1.29, 1.82) is 0 Å². The Bertz CT molecular complexity index is 725. The Kier molecular flexibility index (Phi) is 4.73. The van der Waals surface area contributed by atoms with E-state index in [1.165, 1.54) is 33.8 Å². The van der Waals surface area contributed by atoms with Crippen LogP contribution in [0.1, 0.15) is 30.3 Å². The summed E-state index contributed by atoms with van der Waals surface area (Å²) in [6.45, 7) is 4.65. The molecule has 0 saturated carbocycles. The number of aromatic nitrogens is 3.